The Balaban J connectivity index is 2.07. The lowest BCUT2D eigenvalue weighted by atomic mass is 10.1. The van der Waals surface area contributed by atoms with Crippen molar-refractivity contribution < 1.29 is 5.11 Å². The van der Waals surface area contributed by atoms with Crippen LogP contribution in [0.2, 0.25) is 0 Å². The molecule has 18 heavy (non-hydrogen) atoms. The van der Waals surface area contributed by atoms with Crippen molar-refractivity contribution in [2.24, 2.45) is 0 Å². The lowest BCUT2D eigenvalue weighted by Crippen LogP contribution is -2.07. The summed E-state index contributed by atoms with van der Waals surface area (Å²) in [6.45, 7) is 1.05. The number of para-hydroxylation sites is 1. The number of nitrogens with zero attached hydrogens (tertiary/aromatic N) is 1. The Morgan fingerprint density at radius 1 is 1.22 bits per heavy atom. The van der Waals surface area contributed by atoms with Gasteiger partial charge in [0.05, 0.1) is 5.52 Å². The van der Waals surface area contributed by atoms with E-state index in [1.54, 1.807) is 0 Å². The van der Waals surface area contributed by atoms with E-state index in [-0.39, 0.29) is 6.61 Å². The van der Waals surface area contributed by atoms with E-state index >= 15 is 0 Å². The number of hydrogen-bond acceptors (Lipinski definition) is 3. The summed E-state index contributed by atoms with van der Waals surface area (Å²) in [5, 5.41) is 13.6. The molecule has 0 aliphatic heterocycles. The van der Waals surface area contributed by atoms with E-state index in [1.807, 2.05) is 6.07 Å². The predicted molar refractivity (Wildman–Crippen MR) is 74.0 cm³/mol. The molecular formula is C15H18N2O. The first kappa shape index (κ1) is 11.5. The molecule has 0 bridgehead atoms. The fourth-order valence-corrected chi connectivity index (χ4v) is 2.71. The second kappa shape index (κ2) is 4.94. The zero-order valence-corrected chi connectivity index (χ0v) is 10.4. The topological polar surface area (TPSA) is 45.1 Å². The van der Waals surface area contributed by atoms with Crippen LogP contribution in [0.15, 0.2) is 24.3 Å². The Labute approximate surface area is 107 Å². The molecule has 2 aromatic rings. The molecule has 1 heterocycles. The first-order valence-corrected chi connectivity index (χ1v) is 6.65. The smallest absolute Gasteiger partial charge is 0.0726 e. The van der Waals surface area contributed by atoms with Crippen LogP contribution in [0, 0.1) is 0 Å². The molecule has 0 radical (unpaired) electrons. The highest BCUT2D eigenvalue weighted by atomic mass is 16.3. The maximum absolute atomic E-state index is 8.90. The zero-order chi connectivity index (χ0) is 12.4. The summed E-state index contributed by atoms with van der Waals surface area (Å²) in [5.74, 6) is 0. The molecule has 2 N–H and O–H groups in total. The Bertz CT molecular complexity index is 566. The van der Waals surface area contributed by atoms with E-state index in [0.717, 1.165) is 31.3 Å². The molecule has 3 rings (SSSR count). The third-order valence-corrected chi connectivity index (χ3v) is 3.56. The molecule has 1 aromatic heterocycles. The summed E-state index contributed by atoms with van der Waals surface area (Å²) in [6, 6.07) is 8.30. The molecule has 0 unspecified atom stereocenters. The van der Waals surface area contributed by atoms with Crippen LogP contribution in [0.3, 0.4) is 0 Å². The summed E-state index contributed by atoms with van der Waals surface area (Å²) >= 11 is 0. The monoisotopic (exact) mass is 242 g/mol. The quantitative estimate of drug-likeness (QED) is 0.810. The minimum absolute atomic E-state index is 0.234. The number of anilines is 1. The highest BCUT2D eigenvalue weighted by Crippen LogP contribution is 2.33. The molecule has 1 aliphatic rings. The third-order valence-electron chi connectivity index (χ3n) is 3.56. The molecule has 94 valence electrons. The van der Waals surface area contributed by atoms with Crippen molar-refractivity contribution in [1.82, 2.24) is 4.98 Å². The van der Waals surface area contributed by atoms with Crippen molar-refractivity contribution in [3.63, 3.8) is 0 Å². The fraction of sp³-hybridized carbons (Fsp3) is 0.400. The lowest BCUT2D eigenvalue weighted by Gasteiger charge is -2.14. The van der Waals surface area contributed by atoms with Crippen molar-refractivity contribution in [2.75, 3.05) is 18.5 Å². The van der Waals surface area contributed by atoms with Crippen LogP contribution >= 0.6 is 0 Å². The molecule has 0 atom stereocenters. The van der Waals surface area contributed by atoms with Gasteiger partial charge in [0.2, 0.25) is 0 Å². The van der Waals surface area contributed by atoms with Gasteiger partial charge in [0.1, 0.15) is 0 Å². The number of rotatable bonds is 4. The molecule has 0 fully saturated rings. The number of nitrogens with one attached hydrogen (secondary N) is 1. The Kier molecular flexibility index (Phi) is 3.15. The van der Waals surface area contributed by atoms with Gasteiger partial charge in [-0.25, -0.2) is 0 Å². The van der Waals surface area contributed by atoms with Crippen molar-refractivity contribution in [3.8, 4) is 0 Å². The second-order valence-electron chi connectivity index (χ2n) is 4.79. The highest BCUT2D eigenvalue weighted by molar-refractivity contribution is 5.93. The minimum Gasteiger partial charge on any atom is -0.396 e. The molecule has 0 saturated carbocycles. The largest absolute Gasteiger partial charge is 0.396 e. The van der Waals surface area contributed by atoms with Crippen molar-refractivity contribution in [1.29, 1.82) is 0 Å². The van der Waals surface area contributed by atoms with Crippen LogP contribution < -0.4 is 5.32 Å². The Morgan fingerprint density at radius 2 is 2.11 bits per heavy atom. The SMILES string of the molecule is OCCCNc1c2c(nc3ccccc13)CCC2. The lowest BCUT2D eigenvalue weighted by molar-refractivity contribution is 0.292. The van der Waals surface area contributed by atoms with Crippen LogP contribution in [0.4, 0.5) is 5.69 Å². The number of aryl methyl sites for hydroxylation is 1. The van der Waals surface area contributed by atoms with E-state index in [0.29, 0.717) is 0 Å². The van der Waals surface area contributed by atoms with Gasteiger partial charge in [0, 0.05) is 29.9 Å². The summed E-state index contributed by atoms with van der Waals surface area (Å²) in [6.07, 6.45) is 4.20. The second-order valence-corrected chi connectivity index (χ2v) is 4.79. The summed E-state index contributed by atoms with van der Waals surface area (Å²) in [7, 11) is 0. The van der Waals surface area contributed by atoms with E-state index in [9.17, 15) is 0 Å². The summed E-state index contributed by atoms with van der Waals surface area (Å²) in [5.41, 5.74) is 4.94. The van der Waals surface area contributed by atoms with Gasteiger partial charge in [-0.3, -0.25) is 4.98 Å². The first-order valence-electron chi connectivity index (χ1n) is 6.65. The van der Waals surface area contributed by atoms with Gasteiger partial charge in [-0.15, -0.1) is 0 Å². The van der Waals surface area contributed by atoms with E-state index < -0.39 is 0 Å². The van der Waals surface area contributed by atoms with Crippen LogP contribution in [-0.4, -0.2) is 23.2 Å². The number of aliphatic hydroxyl groups is 1. The van der Waals surface area contributed by atoms with Gasteiger partial charge in [-0.1, -0.05) is 18.2 Å². The highest BCUT2D eigenvalue weighted by Gasteiger charge is 2.18. The molecule has 0 amide bonds. The normalized spacial score (nSPS) is 13.8. The van der Waals surface area contributed by atoms with Crippen LogP contribution in [-0.2, 0) is 12.8 Å². The molecule has 0 spiro atoms. The first-order chi connectivity index (χ1) is 8.90. The fourth-order valence-electron chi connectivity index (χ4n) is 2.71. The number of aromatic nitrogens is 1. The van der Waals surface area contributed by atoms with Gasteiger partial charge >= 0.3 is 0 Å². The van der Waals surface area contributed by atoms with Crippen molar-refractivity contribution in [3.05, 3.63) is 35.5 Å². The Morgan fingerprint density at radius 3 is 3.00 bits per heavy atom. The van der Waals surface area contributed by atoms with Crippen LogP contribution in [0.25, 0.3) is 10.9 Å². The van der Waals surface area contributed by atoms with E-state index in [1.165, 1.54) is 28.8 Å². The number of aliphatic hydroxyl groups excluding tert-OH is 1. The molecule has 3 nitrogen and oxygen atoms in total. The third kappa shape index (κ3) is 1.95. The van der Waals surface area contributed by atoms with Gasteiger partial charge in [0.15, 0.2) is 0 Å². The van der Waals surface area contributed by atoms with Gasteiger partial charge in [-0.05, 0) is 37.3 Å². The average Bonchev–Trinajstić information content (AvgIpc) is 2.86. The maximum Gasteiger partial charge on any atom is 0.0726 e. The van der Waals surface area contributed by atoms with Gasteiger partial charge in [-0.2, -0.15) is 0 Å². The van der Waals surface area contributed by atoms with Crippen LogP contribution in [0.1, 0.15) is 24.1 Å². The van der Waals surface area contributed by atoms with Crippen molar-refractivity contribution >= 4 is 16.6 Å². The molecule has 1 aliphatic carbocycles. The zero-order valence-electron chi connectivity index (χ0n) is 10.4. The Hall–Kier alpha value is -1.61. The molecule has 1 aromatic carbocycles. The number of pyridine rings is 1. The van der Waals surface area contributed by atoms with E-state index in [2.05, 4.69) is 23.5 Å². The summed E-state index contributed by atoms with van der Waals surface area (Å²) < 4.78 is 0. The predicted octanol–water partition coefficient (Wildman–Crippen LogP) is 2.52. The average molecular weight is 242 g/mol. The van der Waals surface area contributed by atoms with E-state index in [4.69, 9.17) is 10.1 Å². The minimum atomic E-state index is 0.234. The summed E-state index contributed by atoms with van der Waals surface area (Å²) in [4.78, 5) is 4.76. The van der Waals surface area contributed by atoms with Crippen LogP contribution in [0.5, 0.6) is 0 Å². The number of hydrogen-bond donors (Lipinski definition) is 2. The van der Waals surface area contributed by atoms with Gasteiger partial charge < -0.3 is 10.4 Å². The molecule has 0 saturated heterocycles. The molecular weight excluding hydrogens is 224 g/mol. The van der Waals surface area contributed by atoms with Gasteiger partial charge in [0.25, 0.3) is 0 Å². The van der Waals surface area contributed by atoms with Crippen molar-refractivity contribution in [2.45, 2.75) is 25.7 Å². The number of benzene rings is 1. The number of fused-ring (bicyclic) bond motifs is 2. The maximum atomic E-state index is 8.90. The molecule has 3 heteroatoms. The standard InChI is InChI=1S/C15H18N2O/c18-10-4-9-16-15-11-5-1-2-7-13(11)17-14-8-3-6-12(14)15/h1-2,5,7,18H,3-4,6,8-10H2,(H,16,17).